The summed E-state index contributed by atoms with van der Waals surface area (Å²) in [5.41, 5.74) is 4.30. The van der Waals surface area contributed by atoms with Crippen molar-refractivity contribution in [3.8, 4) is 0 Å². The molecule has 0 fully saturated rings. The molecule has 0 saturated carbocycles. The monoisotopic (exact) mass is 272 g/mol. The van der Waals surface area contributed by atoms with Crippen molar-refractivity contribution in [2.45, 2.75) is 40.0 Å². The van der Waals surface area contributed by atoms with Crippen molar-refractivity contribution in [3.63, 3.8) is 0 Å². The maximum Gasteiger partial charge on any atom is 0.132 e. The number of ketones is 1. The Bertz CT molecular complexity index is 492. The minimum atomic E-state index is 0.264. The highest BCUT2D eigenvalue weighted by Gasteiger charge is 2.08. The molecule has 0 radical (unpaired) electrons. The molecule has 20 heavy (non-hydrogen) atoms. The lowest BCUT2D eigenvalue weighted by molar-refractivity contribution is -0.118. The van der Waals surface area contributed by atoms with Crippen LogP contribution in [-0.2, 0) is 9.53 Å². The molecule has 2 heteroatoms. The van der Waals surface area contributed by atoms with Crippen molar-refractivity contribution >= 4 is 11.5 Å². The predicted octanol–water partition coefficient (Wildman–Crippen LogP) is 4.61. The molecule has 0 heterocycles. The lowest BCUT2D eigenvalue weighted by Gasteiger charge is -2.15. The fraction of sp³-hybridized carbons (Fsp3) is 0.389. The molecule has 0 saturated heterocycles. The van der Waals surface area contributed by atoms with Gasteiger partial charge in [0.2, 0.25) is 0 Å². The molecule has 0 aliphatic rings. The van der Waals surface area contributed by atoms with Gasteiger partial charge < -0.3 is 4.74 Å². The number of hydrogen-bond acceptors (Lipinski definition) is 2. The summed E-state index contributed by atoms with van der Waals surface area (Å²) in [6.07, 6.45) is 1.82. The molecule has 0 unspecified atom stereocenters. The summed E-state index contributed by atoms with van der Waals surface area (Å²) in [7, 11) is 0. The second-order valence-corrected chi connectivity index (χ2v) is 5.12. The molecule has 0 spiro atoms. The number of carbonyl (C=O) groups excluding carboxylic acids is 1. The first-order valence-corrected chi connectivity index (χ1v) is 7.02. The molecule has 0 atom stereocenters. The Morgan fingerprint density at radius 2 is 1.75 bits per heavy atom. The average Bonchev–Trinajstić information content (AvgIpc) is 2.42. The summed E-state index contributed by atoms with van der Waals surface area (Å²) in [5, 5.41) is 0. The normalized spacial score (nSPS) is 10.2. The highest BCUT2D eigenvalue weighted by atomic mass is 16.5. The topological polar surface area (TPSA) is 26.3 Å². The third-order valence-corrected chi connectivity index (χ3v) is 3.36. The van der Waals surface area contributed by atoms with Crippen LogP contribution in [0.15, 0.2) is 36.9 Å². The second kappa shape index (κ2) is 7.68. The van der Waals surface area contributed by atoms with E-state index in [4.69, 9.17) is 4.74 Å². The zero-order chi connectivity index (χ0) is 15.1. The van der Waals surface area contributed by atoms with E-state index in [0.29, 0.717) is 31.6 Å². The number of hydrogen-bond donors (Lipinski definition) is 0. The summed E-state index contributed by atoms with van der Waals surface area (Å²) in [6, 6.07) is 6.12. The molecule has 1 rings (SSSR count). The zero-order valence-corrected chi connectivity index (χ0v) is 12.8. The predicted molar refractivity (Wildman–Crippen MR) is 84.6 cm³/mol. The van der Waals surface area contributed by atoms with Crippen molar-refractivity contribution in [2.24, 2.45) is 0 Å². The molecule has 0 N–H and O–H groups in total. The Labute approximate surface area is 122 Å². The molecular formula is C18H24O2. The highest BCUT2D eigenvalue weighted by molar-refractivity contribution is 5.78. The second-order valence-electron chi connectivity index (χ2n) is 5.12. The van der Waals surface area contributed by atoms with Crippen LogP contribution in [0.2, 0.25) is 0 Å². The van der Waals surface area contributed by atoms with E-state index < -0.39 is 0 Å². The fourth-order valence-corrected chi connectivity index (χ4v) is 2.08. The van der Waals surface area contributed by atoms with Crippen LogP contribution in [0.5, 0.6) is 0 Å². The van der Waals surface area contributed by atoms with Crippen molar-refractivity contribution < 1.29 is 9.53 Å². The maximum absolute atomic E-state index is 11.3. The van der Waals surface area contributed by atoms with E-state index in [1.807, 2.05) is 39.0 Å². The van der Waals surface area contributed by atoms with Gasteiger partial charge in [0.25, 0.3) is 0 Å². The number of aryl methyl sites for hydroxylation is 2. The standard InChI is InChI=1S/C18H24O2/c1-6-17(19)11-10-13(2)12-20-16(5)18-14(3)8-7-9-15(18)4/h7-9H,2,5-6,10-12H2,1,3-4H3. The minimum absolute atomic E-state index is 0.264. The van der Waals surface area contributed by atoms with Gasteiger partial charge in [-0.25, -0.2) is 0 Å². The van der Waals surface area contributed by atoms with Crippen molar-refractivity contribution in [2.75, 3.05) is 6.61 Å². The SMILES string of the molecule is C=C(CCC(=O)CC)COC(=C)c1c(C)cccc1C. The van der Waals surface area contributed by atoms with Crippen LogP contribution in [0.4, 0.5) is 0 Å². The Morgan fingerprint density at radius 1 is 1.15 bits per heavy atom. The first-order chi connectivity index (χ1) is 9.45. The summed E-state index contributed by atoms with van der Waals surface area (Å²) in [6.45, 7) is 14.3. The van der Waals surface area contributed by atoms with E-state index in [0.717, 1.165) is 22.3 Å². The summed E-state index contributed by atoms with van der Waals surface area (Å²) >= 11 is 0. The first-order valence-electron chi connectivity index (χ1n) is 7.02. The van der Waals surface area contributed by atoms with Crippen LogP contribution in [0.25, 0.3) is 5.76 Å². The van der Waals surface area contributed by atoms with Gasteiger partial charge in [0.05, 0.1) is 0 Å². The number of carbonyl (C=O) groups is 1. The van der Waals surface area contributed by atoms with Gasteiger partial charge in [0, 0.05) is 18.4 Å². The molecular weight excluding hydrogens is 248 g/mol. The highest BCUT2D eigenvalue weighted by Crippen LogP contribution is 2.23. The fourth-order valence-electron chi connectivity index (χ4n) is 2.08. The quantitative estimate of drug-likeness (QED) is 0.510. The third kappa shape index (κ3) is 4.69. The van der Waals surface area contributed by atoms with E-state index in [2.05, 4.69) is 13.2 Å². The molecule has 0 amide bonds. The van der Waals surface area contributed by atoms with Crippen LogP contribution < -0.4 is 0 Å². The molecule has 0 aliphatic carbocycles. The lowest BCUT2D eigenvalue weighted by atomic mass is 10.0. The van der Waals surface area contributed by atoms with E-state index in [-0.39, 0.29) is 5.78 Å². The van der Waals surface area contributed by atoms with E-state index >= 15 is 0 Å². The van der Waals surface area contributed by atoms with Gasteiger partial charge in [-0.3, -0.25) is 4.79 Å². The summed E-state index contributed by atoms with van der Waals surface area (Å²) in [5.74, 6) is 0.934. The van der Waals surface area contributed by atoms with Gasteiger partial charge in [-0.1, -0.05) is 38.3 Å². The molecule has 108 valence electrons. The van der Waals surface area contributed by atoms with Gasteiger partial charge >= 0.3 is 0 Å². The molecule has 2 nitrogen and oxygen atoms in total. The molecule has 0 aromatic heterocycles. The van der Waals surface area contributed by atoms with E-state index in [1.165, 1.54) is 0 Å². The van der Waals surface area contributed by atoms with Gasteiger partial charge in [0.1, 0.15) is 18.1 Å². The van der Waals surface area contributed by atoms with Crippen molar-refractivity contribution in [1.82, 2.24) is 0 Å². The number of Topliss-reactive ketones (excluding diaryl/α,β-unsaturated/α-hetero) is 1. The first kappa shape index (κ1) is 16.2. The Morgan fingerprint density at radius 3 is 2.30 bits per heavy atom. The molecule has 0 bridgehead atoms. The van der Waals surface area contributed by atoms with Crippen LogP contribution >= 0.6 is 0 Å². The Balaban J connectivity index is 2.51. The summed E-state index contributed by atoms with van der Waals surface area (Å²) < 4.78 is 5.71. The molecule has 1 aromatic carbocycles. The van der Waals surface area contributed by atoms with Crippen LogP contribution in [0.3, 0.4) is 0 Å². The number of ether oxygens (including phenoxy) is 1. The van der Waals surface area contributed by atoms with Crippen molar-refractivity contribution in [1.29, 1.82) is 0 Å². The van der Waals surface area contributed by atoms with Gasteiger partial charge in [-0.15, -0.1) is 0 Å². The average molecular weight is 272 g/mol. The van der Waals surface area contributed by atoms with Crippen LogP contribution in [0, 0.1) is 13.8 Å². The molecule has 1 aromatic rings. The largest absolute Gasteiger partial charge is 0.489 e. The third-order valence-electron chi connectivity index (χ3n) is 3.36. The number of rotatable bonds is 8. The van der Waals surface area contributed by atoms with Crippen LogP contribution in [-0.4, -0.2) is 12.4 Å². The van der Waals surface area contributed by atoms with Gasteiger partial charge in [0.15, 0.2) is 0 Å². The Hall–Kier alpha value is -1.83. The van der Waals surface area contributed by atoms with Gasteiger partial charge in [-0.2, -0.15) is 0 Å². The van der Waals surface area contributed by atoms with Crippen molar-refractivity contribution in [3.05, 3.63) is 53.6 Å². The minimum Gasteiger partial charge on any atom is -0.489 e. The smallest absolute Gasteiger partial charge is 0.132 e. The van der Waals surface area contributed by atoms with Gasteiger partial charge in [-0.05, 0) is 37.0 Å². The van der Waals surface area contributed by atoms with E-state index in [1.54, 1.807) is 0 Å². The maximum atomic E-state index is 11.3. The number of benzene rings is 1. The van der Waals surface area contributed by atoms with Crippen LogP contribution in [0.1, 0.15) is 42.9 Å². The Kier molecular flexibility index (Phi) is 6.23. The van der Waals surface area contributed by atoms with E-state index in [9.17, 15) is 4.79 Å². The zero-order valence-electron chi connectivity index (χ0n) is 12.8. The lowest BCUT2D eigenvalue weighted by Crippen LogP contribution is -2.02. The molecule has 0 aliphatic heterocycles. The summed E-state index contributed by atoms with van der Waals surface area (Å²) in [4.78, 5) is 11.3.